The van der Waals surface area contributed by atoms with Crippen LogP contribution in [0.4, 0.5) is 0 Å². The molecule has 0 aromatic heterocycles. The first-order chi connectivity index (χ1) is 14.5. The van der Waals surface area contributed by atoms with Gasteiger partial charge in [-0.15, -0.1) is 0 Å². The summed E-state index contributed by atoms with van der Waals surface area (Å²) in [4.78, 5) is 44.9. The van der Waals surface area contributed by atoms with Crippen LogP contribution in [-0.2, 0) is 33.4 Å². The Morgan fingerprint density at radius 3 is 1.47 bits per heavy atom. The minimum atomic E-state index is -0.154. The molecule has 9 heteroatoms. The molecule has 0 aromatic rings. The molecule has 0 rings (SSSR count). The Kier molecular flexibility index (Phi) is 23.7. The number of Topliss-reactive ketones (excluding diaryl/α,β-unsaturated/α-hetero) is 2. The van der Waals surface area contributed by atoms with E-state index in [0.717, 1.165) is 0 Å². The zero-order chi connectivity index (χ0) is 23.0. The molecule has 0 aliphatic rings. The zero-order valence-corrected chi connectivity index (χ0v) is 19.1. The summed E-state index contributed by atoms with van der Waals surface area (Å²) < 4.78 is 15.7. The van der Waals surface area contributed by atoms with Crippen LogP contribution < -0.4 is 10.6 Å². The highest BCUT2D eigenvalue weighted by atomic mass is 16.5. The van der Waals surface area contributed by atoms with E-state index in [-0.39, 0.29) is 49.4 Å². The maximum Gasteiger partial charge on any atom is 0.222 e. The number of hydrogen-bond donors (Lipinski definition) is 2. The number of rotatable bonds is 19. The number of amides is 2. The number of hydrogen-bond acceptors (Lipinski definition) is 7. The molecule has 30 heavy (non-hydrogen) atoms. The molecule has 0 heterocycles. The van der Waals surface area contributed by atoms with Gasteiger partial charge in [-0.3, -0.25) is 19.2 Å². The number of nitrogens with one attached hydrogen (secondary N) is 2. The molecule has 0 aliphatic carbocycles. The smallest absolute Gasteiger partial charge is 0.222 e. The lowest BCUT2D eigenvalue weighted by molar-refractivity contribution is -0.124. The number of ether oxygens (including phenoxy) is 3. The van der Waals surface area contributed by atoms with Crippen molar-refractivity contribution in [1.82, 2.24) is 10.6 Å². The van der Waals surface area contributed by atoms with Gasteiger partial charge in [-0.2, -0.15) is 0 Å². The molecule has 0 atom stereocenters. The van der Waals surface area contributed by atoms with Crippen molar-refractivity contribution in [2.45, 2.75) is 59.8 Å². The summed E-state index contributed by atoms with van der Waals surface area (Å²) in [5.74, 6) is -0.0742. The predicted molar refractivity (Wildman–Crippen MR) is 114 cm³/mol. The molecule has 0 spiro atoms. The largest absolute Gasteiger partial charge is 0.380 e. The van der Waals surface area contributed by atoms with Gasteiger partial charge in [0.2, 0.25) is 11.8 Å². The second-order valence-electron chi connectivity index (χ2n) is 6.13. The fraction of sp³-hybridized carbons (Fsp3) is 0.810. The molecule has 2 amide bonds. The van der Waals surface area contributed by atoms with E-state index < -0.39 is 0 Å². The van der Waals surface area contributed by atoms with Crippen LogP contribution in [-0.4, -0.2) is 76.1 Å². The van der Waals surface area contributed by atoms with Crippen molar-refractivity contribution >= 4 is 23.4 Å². The van der Waals surface area contributed by atoms with Gasteiger partial charge in [-0.05, 0) is 6.92 Å². The second-order valence-corrected chi connectivity index (χ2v) is 6.13. The van der Waals surface area contributed by atoms with Gasteiger partial charge >= 0.3 is 0 Å². The summed E-state index contributed by atoms with van der Waals surface area (Å²) >= 11 is 0. The van der Waals surface area contributed by atoms with Crippen LogP contribution >= 0.6 is 0 Å². The maximum absolute atomic E-state index is 11.6. The topological polar surface area (TPSA) is 120 Å². The molecule has 2 N–H and O–H groups in total. The van der Waals surface area contributed by atoms with Crippen molar-refractivity contribution in [2.75, 3.05) is 52.7 Å². The highest BCUT2D eigenvalue weighted by Gasteiger charge is 2.04. The average molecular weight is 433 g/mol. The quantitative estimate of drug-likeness (QED) is 0.296. The molecule has 0 radical (unpaired) electrons. The van der Waals surface area contributed by atoms with Crippen LogP contribution in [0.1, 0.15) is 59.8 Å². The second kappa shape index (κ2) is 23.4. The Morgan fingerprint density at radius 1 is 0.633 bits per heavy atom. The number of ketones is 2. The van der Waals surface area contributed by atoms with Crippen molar-refractivity contribution in [3.8, 4) is 0 Å². The summed E-state index contributed by atoms with van der Waals surface area (Å²) in [6, 6.07) is 0. The lowest BCUT2D eigenvalue weighted by atomic mass is 10.2. The normalized spacial score (nSPS) is 10.0. The summed E-state index contributed by atoms with van der Waals surface area (Å²) in [6.45, 7) is 10.0. The van der Waals surface area contributed by atoms with Crippen LogP contribution in [0.2, 0.25) is 0 Å². The van der Waals surface area contributed by atoms with Crippen LogP contribution in [0.15, 0.2) is 0 Å². The van der Waals surface area contributed by atoms with Gasteiger partial charge in [-0.25, -0.2) is 0 Å². The molecular formula is C21H40N2O7. The summed E-state index contributed by atoms with van der Waals surface area (Å²) in [5, 5.41) is 5.38. The Labute approximate surface area is 180 Å². The molecule has 0 saturated heterocycles. The zero-order valence-electron chi connectivity index (χ0n) is 19.1. The molecule has 176 valence electrons. The van der Waals surface area contributed by atoms with E-state index >= 15 is 0 Å². The third-order valence-electron chi connectivity index (χ3n) is 3.60. The van der Waals surface area contributed by atoms with Crippen molar-refractivity contribution in [3.63, 3.8) is 0 Å². The van der Waals surface area contributed by atoms with Gasteiger partial charge in [0.05, 0.1) is 39.6 Å². The van der Waals surface area contributed by atoms with Gasteiger partial charge in [-0.1, -0.05) is 20.8 Å². The fourth-order valence-electron chi connectivity index (χ4n) is 1.92. The third-order valence-corrected chi connectivity index (χ3v) is 3.60. The molecule has 0 aromatic carbocycles. The summed E-state index contributed by atoms with van der Waals surface area (Å²) in [6.07, 6.45) is 1.71. The standard InChI is InChI=1S/C19H34N2O7.C2H6/c1-3-17(23)5-11-28-15-9-21-19(25)7-13-26-12-6-18(24)20-8-14-27-10-4-16(2)22;1-2/h3-15H2,1-2H3,(H,20,24)(H,21,25);1-2H3. The van der Waals surface area contributed by atoms with Crippen molar-refractivity contribution in [3.05, 3.63) is 0 Å². The van der Waals surface area contributed by atoms with E-state index in [2.05, 4.69) is 10.6 Å². The van der Waals surface area contributed by atoms with Gasteiger partial charge in [0, 0.05) is 45.2 Å². The van der Waals surface area contributed by atoms with Crippen LogP contribution in [0, 0.1) is 0 Å². The third kappa shape index (κ3) is 24.2. The molecule has 0 aliphatic heterocycles. The lowest BCUT2D eigenvalue weighted by Crippen LogP contribution is -2.29. The SMILES string of the molecule is CC.CCC(=O)CCOCCNC(=O)CCOCCC(=O)NCCOCCC(C)=O. The first-order valence-corrected chi connectivity index (χ1v) is 10.7. The molecule has 0 saturated carbocycles. The molecule has 0 fully saturated rings. The van der Waals surface area contributed by atoms with Gasteiger partial charge in [0.25, 0.3) is 0 Å². The summed E-state index contributed by atoms with van der Waals surface area (Å²) in [5.41, 5.74) is 0. The number of carbonyl (C=O) groups excluding carboxylic acids is 4. The van der Waals surface area contributed by atoms with Gasteiger partial charge in [0.15, 0.2) is 0 Å². The molecular weight excluding hydrogens is 392 g/mol. The van der Waals surface area contributed by atoms with Gasteiger partial charge in [0.1, 0.15) is 11.6 Å². The van der Waals surface area contributed by atoms with E-state index in [9.17, 15) is 19.2 Å². The maximum atomic E-state index is 11.6. The Morgan fingerprint density at radius 2 is 1.03 bits per heavy atom. The van der Waals surface area contributed by atoms with Crippen molar-refractivity contribution < 1.29 is 33.4 Å². The van der Waals surface area contributed by atoms with Crippen LogP contribution in [0.25, 0.3) is 0 Å². The highest BCUT2D eigenvalue weighted by molar-refractivity contribution is 5.78. The van der Waals surface area contributed by atoms with E-state index in [0.29, 0.717) is 58.8 Å². The fourth-order valence-corrected chi connectivity index (χ4v) is 1.92. The average Bonchev–Trinajstić information content (AvgIpc) is 2.73. The molecule has 0 bridgehead atoms. The highest BCUT2D eigenvalue weighted by Crippen LogP contribution is 1.90. The molecule has 9 nitrogen and oxygen atoms in total. The Bertz CT molecular complexity index is 470. The minimum absolute atomic E-state index is 0.0725. The monoisotopic (exact) mass is 432 g/mol. The summed E-state index contributed by atoms with van der Waals surface area (Å²) in [7, 11) is 0. The first-order valence-electron chi connectivity index (χ1n) is 10.7. The van der Waals surface area contributed by atoms with Crippen molar-refractivity contribution in [1.29, 1.82) is 0 Å². The van der Waals surface area contributed by atoms with Crippen LogP contribution in [0.5, 0.6) is 0 Å². The minimum Gasteiger partial charge on any atom is -0.380 e. The molecule has 0 unspecified atom stereocenters. The van der Waals surface area contributed by atoms with Crippen LogP contribution in [0.3, 0.4) is 0 Å². The predicted octanol–water partition coefficient (Wildman–Crippen LogP) is 1.42. The Hall–Kier alpha value is -1.84. The Balaban J connectivity index is 0. The van der Waals surface area contributed by atoms with E-state index in [1.807, 2.05) is 20.8 Å². The lowest BCUT2D eigenvalue weighted by Gasteiger charge is -2.08. The van der Waals surface area contributed by atoms with E-state index in [1.54, 1.807) is 0 Å². The number of carbonyl (C=O) groups is 4. The van der Waals surface area contributed by atoms with E-state index in [4.69, 9.17) is 14.2 Å². The van der Waals surface area contributed by atoms with E-state index in [1.165, 1.54) is 6.92 Å². The first kappa shape index (κ1) is 30.4. The van der Waals surface area contributed by atoms with Gasteiger partial charge < -0.3 is 24.8 Å². The van der Waals surface area contributed by atoms with Crippen molar-refractivity contribution in [2.24, 2.45) is 0 Å².